The molecule has 0 aliphatic heterocycles. The van der Waals surface area contributed by atoms with E-state index in [1.165, 1.54) is 12.1 Å². The average Bonchev–Trinajstić information content (AvgIpc) is 2.71. The highest BCUT2D eigenvalue weighted by Crippen LogP contribution is 2.30. The molecule has 0 aliphatic rings. The van der Waals surface area contributed by atoms with Crippen LogP contribution in [0.2, 0.25) is 0 Å². The van der Waals surface area contributed by atoms with Gasteiger partial charge in [0.25, 0.3) is 0 Å². The third-order valence-electron chi connectivity index (χ3n) is 4.73. The summed E-state index contributed by atoms with van der Waals surface area (Å²) in [5, 5.41) is 0. The maximum absolute atomic E-state index is 12.4. The number of carbonyl (C=O) groups is 4. The molecule has 2 N–H and O–H groups in total. The molecule has 0 radical (unpaired) electrons. The third kappa shape index (κ3) is 12.7. The molecule has 1 aromatic carbocycles. The second-order valence-electron chi connectivity index (χ2n) is 10.3. The standard InChI is InChI=1S/C27H41NO8/c1-16(2)10-24(29)34-19(7)15-33-27(32)21(28)13-20-8-9-22(35-25(30)11-17(3)4)23(14-20)36-26(31)12-18(5)6/h8-9,14,16-19,21H,10-13,15,28H2,1-7H3/t19-,21-/m0/s1. The fourth-order valence-corrected chi connectivity index (χ4v) is 3.12. The van der Waals surface area contributed by atoms with Crippen molar-refractivity contribution in [3.63, 3.8) is 0 Å². The van der Waals surface area contributed by atoms with Crippen LogP contribution < -0.4 is 15.2 Å². The van der Waals surface area contributed by atoms with Crippen molar-refractivity contribution in [2.45, 2.75) is 86.3 Å². The summed E-state index contributed by atoms with van der Waals surface area (Å²) in [5.41, 5.74) is 6.61. The molecule has 0 amide bonds. The van der Waals surface area contributed by atoms with Crippen LogP contribution in [0.4, 0.5) is 0 Å². The van der Waals surface area contributed by atoms with Gasteiger partial charge in [-0.25, -0.2) is 0 Å². The zero-order chi connectivity index (χ0) is 27.4. The second kappa shape index (κ2) is 15.2. The molecule has 36 heavy (non-hydrogen) atoms. The van der Waals surface area contributed by atoms with Crippen molar-refractivity contribution in [2.24, 2.45) is 23.5 Å². The highest BCUT2D eigenvalue weighted by Gasteiger charge is 2.21. The summed E-state index contributed by atoms with van der Waals surface area (Å²) in [6.07, 6.45) is 0.178. The summed E-state index contributed by atoms with van der Waals surface area (Å²) in [6.45, 7) is 12.9. The Kier molecular flexibility index (Phi) is 13.2. The zero-order valence-corrected chi connectivity index (χ0v) is 22.5. The van der Waals surface area contributed by atoms with E-state index in [9.17, 15) is 19.2 Å². The monoisotopic (exact) mass is 507 g/mol. The Morgan fingerprint density at radius 2 is 1.25 bits per heavy atom. The van der Waals surface area contributed by atoms with Crippen molar-refractivity contribution in [1.29, 1.82) is 0 Å². The van der Waals surface area contributed by atoms with Gasteiger partial charge in [-0.15, -0.1) is 0 Å². The van der Waals surface area contributed by atoms with E-state index >= 15 is 0 Å². The fraction of sp³-hybridized carbons (Fsp3) is 0.630. The predicted octanol–water partition coefficient (Wildman–Crippen LogP) is 3.98. The molecule has 0 saturated heterocycles. The molecule has 2 atom stereocenters. The molecule has 0 unspecified atom stereocenters. The number of benzene rings is 1. The van der Waals surface area contributed by atoms with Gasteiger partial charge >= 0.3 is 23.9 Å². The van der Waals surface area contributed by atoms with Gasteiger partial charge in [0, 0.05) is 19.3 Å². The number of hydrogen-bond acceptors (Lipinski definition) is 9. The van der Waals surface area contributed by atoms with Crippen LogP contribution in [0.1, 0.15) is 73.3 Å². The molecule has 0 spiro atoms. The molecule has 9 nitrogen and oxygen atoms in total. The first-order valence-electron chi connectivity index (χ1n) is 12.4. The van der Waals surface area contributed by atoms with E-state index in [2.05, 4.69) is 0 Å². The molecular weight excluding hydrogens is 466 g/mol. The van der Waals surface area contributed by atoms with Crippen molar-refractivity contribution < 1.29 is 38.1 Å². The van der Waals surface area contributed by atoms with E-state index < -0.39 is 30.1 Å². The topological polar surface area (TPSA) is 131 Å². The first-order valence-corrected chi connectivity index (χ1v) is 12.4. The Morgan fingerprint density at radius 1 is 0.750 bits per heavy atom. The molecule has 0 saturated carbocycles. The smallest absolute Gasteiger partial charge is 0.323 e. The SMILES string of the molecule is CC(C)CC(=O)Oc1ccc(C[C@H](N)C(=O)OC[C@H](C)OC(=O)CC(C)C)cc1OC(=O)CC(C)C. The third-order valence-corrected chi connectivity index (χ3v) is 4.73. The van der Waals surface area contributed by atoms with Crippen molar-refractivity contribution in [3.05, 3.63) is 23.8 Å². The van der Waals surface area contributed by atoms with Crippen LogP contribution in [0.25, 0.3) is 0 Å². The fourth-order valence-electron chi connectivity index (χ4n) is 3.12. The van der Waals surface area contributed by atoms with Crippen LogP contribution in [-0.2, 0) is 35.1 Å². The molecule has 0 fully saturated rings. The largest absolute Gasteiger partial charge is 0.461 e. The number of nitrogens with two attached hydrogens (primary N) is 1. The normalized spacial score (nSPS) is 12.9. The lowest BCUT2D eigenvalue weighted by molar-refractivity contribution is -0.159. The van der Waals surface area contributed by atoms with Crippen molar-refractivity contribution in [3.8, 4) is 11.5 Å². The van der Waals surface area contributed by atoms with Crippen LogP contribution in [0.15, 0.2) is 18.2 Å². The van der Waals surface area contributed by atoms with Gasteiger partial charge < -0.3 is 24.7 Å². The van der Waals surface area contributed by atoms with Crippen LogP contribution in [0.3, 0.4) is 0 Å². The van der Waals surface area contributed by atoms with Crippen LogP contribution >= 0.6 is 0 Å². The Balaban J connectivity index is 2.84. The molecule has 9 heteroatoms. The molecule has 0 aliphatic carbocycles. The zero-order valence-electron chi connectivity index (χ0n) is 22.5. The van der Waals surface area contributed by atoms with Gasteiger partial charge in [0.2, 0.25) is 0 Å². The van der Waals surface area contributed by atoms with E-state index in [1.807, 2.05) is 41.5 Å². The molecule has 1 aromatic rings. The molecule has 0 heterocycles. The van der Waals surface area contributed by atoms with E-state index in [0.29, 0.717) is 5.56 Å². The predicted molar refractivity (Wildman–Crippen MR) is 134 cm³/mol. The Bertz CT molecular complexity index is 894. The Hall–Kier alpha value is -2.94. The quantitative estimate of drug-likeness (QED) is 0.293. The maximum Gasteiger partial charge on any atom is 0.323 e. The summed E-state index contributed by atoms with van der Waals surface area (Å²) in [7, 11) is 0. The van der Waals surface area contributed by atoms with Crippen molar-refractivity contribution in [2.75, 3.05) is 6.61 Å². The lowest BCUT2D eigenvalue weighted by Crippen LogP contribution is -2.36. The van der Waals surface area contributed by atoms with Crippen LogP contribution in [0.5, 0.6) is 11.5 Å². The van der Waals surface area contributed by atoms with Gasteiger partial charge in [-0.2, -0.15) is 0 Å². The number of carbonyl (C=O) groups excluding carboxylic acids is 4. The minimum atomic E-state index is -1.00. The van der Waals surface area contributed by atoms with E-state index in [1.54, 1.807) is 13.0 Å². The van der Waals surface area contributed by atoms with Crippen molar-refractivity contribution in [1.82, 2.24) is 0 Å². The lowest BCUT2D eigenvalue weighted by Gasteiger charge is -2.17. The second-order valence-corrected chi connectivity index (χ2v) is 10.3. The summed E-state index contributed by atoms with van der Waals surface area (Å²) in [6, 6.07) is 3.68. The van der Waals surface area contributed by atoms with E-state index in [0.717, 1.165) is 0 Å². The Morgan fingerprint density at radius 3 is 1.78 bits per heavy atom. The van der Waals surface area contributed by atoms with Gasteiger partial charge in [0.05, 0.1) is 0 Å². The van der Waals surface area contributed by atoms with Gasteiger partial charge in [-0.1, -0.05) is 47.6 Å². The maximum atomic E-state index is 12.4. The molecule has 1 rings (SSSR count). The summed E-state index contributed by atoms with van der Waals surface area (Å²) in [4.78, 5) is 48.5. The lowest BCUT2D eigenvalue weighted by atomic mass is 10.1. The van der Waals surface area contributed by atoms with Gasteiger partial charge in [0.15, 0.2) is 11.5 Å². The minimum absolute atomic E-state index is 0.0847. The number of ether oxygens (including phenoxy) is 4. The highest BCUT2D eigenvalue weighted by molar-refractivity contribution is 5.77. The molecule has 0 aromatic heterocycles. The minimum Gasteiger partial charge on any atom is -0.461 e. The van der Waals surface area contributed by atoms with Crippen LogP contribution in [-0.4, -0.2) is 42.6 Å². The number of hydrogen-bond donors (Lipinski definition) is 1. The van der Waals surface area contributed by atoms with Crippen molar-refractivity contribution >= 4 is 23.9 Å². The molecular formula is C27H41NO8. The van der Waals surface area contributed by atoms with Crippen LogP contribution in [0, 0.1) is 17.8 Å². The van der Waals surface area contributed by atoms with Gasteiger partial charge in [0.1, 0.15) is 18.8 Å². The van der Waals surface area contributed by atoms with E-state index in [4.69, 9.17) is 24.7 Å². The summed E-state index contributed by atoms with van der Waals surface area (Å²) in [5.74, 6) is -1.36. The summed E-state index contributed by atoms with van der Waals surface area (Å²) >= 11 is 0. The number of esters is 4. The van der Waals surface area contributed by atoms with E-state index in [-0.39, 0.29) is 67.5 Å². The Labute approximate surface area is 214 Å². The molecule has 0 bridgehead atoms. The summed E-state index contributed by atoms with van der Waals surface area (Å²) < 4.78 is 21.3. The van der Waals surface area contributed by atoms with Gasteiger partial charge in [-0.05, 0) is 48.8 Å². The first-order chi connectivity index (χ1) is 16.8. The molecule has 202 valence electrons. The average molecular weight is 508 g/mol. The number of rotatable bonds is 14. The van der Waals surface area contributed by atoms with Gasteiger partial charge in [-0.3, -0.25) is 19.2 Å². The highest BCUT2D eigenvalue weighted by atomic mass is 16.6. The first kappa shape index (κ1) is 31.1.